The molecular weight excluding hydrogens is 274 g/mol. The third-order valence-electron chi connectivity index (χ3n) is 3.85. The number of rotatable bonds is 4. The Hall–Kier alpha value is -2.00. The number of nitrogens with one attached hydrogen (secondary N) is 1. The monoisotopic (exact) mass is 299 g/mol. The Balaban J connectivity index is 2.25. The molecule has 3 heteroatoms. The second-order valence-corrected chi connectivity index (χ2v) is 6.87. The number of aromatic hydroxyl groups is 2. The van der Waals surface area contributed by atoms with Gasteiger partial charge in [0, 0.05) is 23.7 Å². The summed E-state index contributed by atoms with van der Waals surface area (Å²) in [5.74, 6) is 0.589. The number of phenolic OH excluding ortho intramolecular Hbond substituents is 2. The average molecular weight is 299 g/mol. The summed E-state index contributed by atoms with van der Waals surface area (Å²) in [5.41, 5.74) is 2.79. The molecule has 2 rings (SSSR count). The molecule has 118 valence electrons. The Morgan fingerprint density at radius 2 is 1.68 bits per heavy atom. The van der Waals surface area contributed by atoms with Crippen LogP contribution in [0.2, 0.25) is 0 Å². The van der Waals surface area contributed by atoms with Gasteiger partial charge in [0.25, 0.3) is 0 Å². The summed E-state index contributed by atoms with van der Waals surface area (Å²) in [4.78, 5) is 0. The predicted octanol–water partition coefficient (Wildman–Crippen LogP) is 4.28. The Bertz CT molecular complexity index is 644. The lowest BCUT2D eigenvalue weighted by molar-refractivity contribution is 0.263. The van der Waals surface area contributed by atoms with Crippen molar-refractivity contribution in [3.63, 3.8) is 0 Å². The lowest BCUT2D eigenvalue weighted by atomic mass is 9.82. The summed E-state index contributed by atoms with van der Waals surface area (Å²) in [6.45, 7) is 8.95. The standard InChI is InChI=1S/C19H25NO2/c1-13-9-10-16(21)14(11-13)12-20-18(19(2,3)4)15-7-5-6-8-17(15)22/h5-11,18,20-22H,12H2,1-4H3/t18-/m1/s1. The van der Waals surface area contributed by atoms with Gasteiger partial charge in [-0.05, 0) is 24.5 Å². The molecule has 2 aromatic rings. The van der Waals surface area contributed by atoms with Gasteiger partial charge in [-0.1, -0.05) is 56.7 Å². The van der Waals surface area contributed by atoms with Crippen molar-refractivity contribution in [2.75, 3.05) is 0 Å². The lowest BCUT2D eigenvalue weighted by Gasteiger charge is -2.32. The summed E-state index contributed by atoms with van der Waals surface area (Å²) >= 11 is 0. The zero-order valence-electron chi connectivity index (χ0n) is 13.7. The number of aryl methyl sites for hydroxylation is 1. The molecule has 0 amide bonds. The molecule has 0 saturated carbocycles. The maximum atomic E-state index is 10.2. The maximum absolute atomic E-state index is 10.2. The van der Waals surface area contributed by atoms with Crippen molar-refractivity contribution >= 4 is 0 Å². The van der Waals surface area contributed by atoms with Gasteiger partial charge in [0.1, 0.15) is 11.5 Å². The molecule has 22 heavy (non-hydrogen) atoms. The molecule has 0 aromatic heterocycles. The molecule has 0 aliphatic carbocycles. The Kier molecular flexibility index (Phi) is 4.77. The summed E-state index contributed by atoms with van der Waals surface area (Å²) in [7, 11) is 0. The van der Waals surface area contributed by atoms with E-state index in [0.717, 1.165) is 16.7 Å². The number of benzene rings is 2. The highest BCUT2D eigenvalue weighted by molar-refractivity contribution is 5.37. The molecule has 3 nitrogen and oxygen atoms in total. The van der Waals surface area contributed by atoms with E-state index in [0.29, 0.717) is 18.0 Å². The van der Waals surface area contributed by atoms with Gasteiger partial charge in [-0.2, -0.15) is 0 Å². The van der Waals surface area contributed by atoms with E-state index in [1.165, 1.54) is 0 Å². The average Bonchev–Trinajstić information content (AvgIpc) is 2.43. The quantitative estimate of drug-likeness (QED) is 0.789. The van der Waals surface area contributed by atoms with E-state index in [-0.39, 0.29) is 11.5 Å². The van der Waals surface area contributed by atoms with Crippen molar-refractivity contribution in [1.29, 1.82) is 0 Å². The second kappa shape index (κ2) is 6.41. The minimum absolute atomic E-state index is 0.0198. The first-order valence-corrected chi connectivity index (χ1v) is 7.59. The van der Waals surface area contributed by atoms with Crippen LogP contribution in [-0.2, 0) is 6.54 Å². The van der Waals surface area contributed by atoms with Crippen molar-refractivity contribution in [2.45, 2.75) is 40.3 Å². The first kappa shape index (κ1) is 16.4. The molecule has 0 radical (unpaired) electrons. The summed E-state index contributed by atoms with van der Waals surface area (Å²) in [5, 5.41) is 23.6. The molecule has 0 heterocycles. The Morgan fingerprint density at radius 1 is 1.00 bits per heavy atom. The van der Waals surface area contributed by atoms with Crippen LogP contribution in [0, 0.1) is 12.3 Å². The predicted molar refractivity (Wildman–Crippen MR) is 90.0 cm³/mol. The van der Waals surface area contributed by atoms with Crippen LogP contribution < -0.4 is 5.32 Å². The minimum atomic E-state index is -0.0712. The van der Waals surface area contributed by atoms with E-state index < -0.39 is 0 Å². The van der Waals surface area contributed by atoms with Crippen LogP contribution >= 0.6 is 0 Å². The topological polar surface area (TPSA) is 52.5 Å². The molecule has 0 saturated heterocycles. The van der Waals surface area contributed by atoms with Crippen LogP contribution in [0.15, 0.2) is 42.5 Å². The van der Waals surface area contributed by atoms with Crippen LogP contribution in [0.25, 0.3) is 0 Å². The van der Waals surface area contributed by atoms with Crippen molar-refractivity contribution in [3.8, 4) is 11.5 Å². The van der Waals surface area contributed by atoms with Crippen LogP contribution in [0.1, 0.15) is 43.5 Å². The number of phenols is 2. The lowest BCUT2D eigenvalue weighted by Crippen LogP contribution is -2.32. The third-order valence-corrected chi connectivity index (χ3v) is 3.85. The number of para-hydroxylation sites is 1. The minimum Gasteiger partial charge on any atom is -0.508 e. The van der Waals surface area contributed by atoms with Gasteiger partial charge < -0.3 is 15.5 Å². The number of hydrogen-bond donors (Lipinski definition) is 3. The van der Waals surface area contributed by atoms with Crippen LogP contribution in [0.3, 0.4) is 0 Å². The van der Waals surface area contributed by atoms with Gasteiger partial charge >= 0.3 is 0 Å². The molecule has 0 bridgehead atoms. The van der Waals surface area contributed by atoms with E-state index >= 15 is 0 Å². The van der Waals surface area contributed by atoms with Crippen molar-refractivity contribution in [3.05, 3.63) is 59.2 Å². The highest BCUT2D eigenvalue weighted by Gasteiger charge is 2.27. The van der Waals surface area contributed by atoms with E-state index in [9.17, 15) is 10.2 Å². The Labute approximate surface area is 132 Å². The third kappa shape index (κ3) is 3.80. The highest BCUT2D eigenvalue weighted by Crippen LogP contribution is 2.37. The SMILES string of the molecule is Cc1ccc(O)c(CN[C@H](c2ccccc2O)C(C)(C)C)c1. The normalized spacial score (nSPS) is 13.1. The van der Waals surface area contributed by atoms with Gasteiger partial charge in [0.2, 0.25) is 0 Å². The fourth-order valence-corrected chi connectivity index (χ4v) is 2.68. The van der Waals surface area contributed by atoms with Gasteiger partial charge in [-0.25, -0.2) is 0 Å². The van der Waals surface area contributed by atoms with Gasteiger partial charge in [0.05, 0.1) is 0 Å². The van der Waals surface area contributed by atoms with Gasteiger partial charge in [-0.3, -0.25) is 0 Å². The van der Waals surface area contributed by atoms with Crippen molar-refractivity contribution < 1.29 is 10.2 Å². The number of hydrogen-bond acceptors (Lipinski definition) is 3. The molecule has 0 spiro atoms. The zero-order valence-corrected chi connectivity index (χ0v) is 13.7. The summed E-state index contributed by atoms with van der Waals surface area (Å²) in [6, 6.07) is 13.0. The summed E-state index contributed by atoms with van der Waals surface area (Å²) in [6.07, 6.45) is 0. The fourth-order valence-electron chi connectivity index (χ4n) is 2.68. The second-order valence-electron chi connectivity index (χ2n) is 6.87. The Morgan fingerprint density at radius 3 is 2.32 bits per heavy atom. The van der Waals surface area contributed by atoms with E-state index in [1.54, 1.807) is 12.1 Å². The molecule has 0 unspecified atom stereocenters. The molecule has 3 N–H and O–H groups in total. The first-order valence-electron chi connectivity index (χ1n) is 7.59. The van der Waals surface area contributed by atoms with Crippen LogP contribution in [0.5, 0.6) is 11.5 Å². The molecular formula is C19H25NO2. The van der Waals surface area contributed by atoms with Crippen molar-refractivity contribution in [1.82, 2.24) is 5.32 Å². The molecule has 0 aliphatic heterocycles. The van der Waals surface area contributed by atoms with Gasteiger partial charge in [-0.15, -0.1) is 0 Å². The maximum Gasteiger partial charge on any atom is 0.120 e. The molecule has 2 aromatic carbocycles. The van der Waals surface area contributed by atoms with Crippen LogP contribution in [0.4, 0.5) is 0 Å². The van der Waals surface area contributed by atoms with E-state index in [4.69, 9.17) is 0 Å². The summed E-state index contributed by atoms with van der Waals surface area (Å²) < 4.78 is 0. The zero-order chi connectivity index (χ0) is 16.3. The molecule has 1 atom stereocenters. The van der Waals surface area contributed by atoms with E-state index in [1.807, 2.05) is 37.3 Å². The van der Waals surface area contributed by atoms with Crippen molar-refractivity contribution in [2.24, 2.45) is 5.41 Å². The first-order chi connectivity index (χ1) is 10.3. The molecule has 0 aliphatic rings. The van der Waals surface area contributed by atoms with Crippen LogP contribution in [-0.4, -0.2) is 10.2 Å². The smallest absolute Gasteiger partial charge is 0.120 e. The van der Waals surface area contributed by atoms with E-state index in [2.05, 4.69) is 26.1 Å². The van der Waals surface area contributed by atoms with Gasteiger partial charge in [0.15, 0.2) is 0 Å². The highest BCUT2D eigenvalue weighted by atomic mass is 16.3. The molecule has 0 fully saturated rings. The fraction of sp³-hybridized carbons (Fsp3) is 0.368. The largest absolute Gasteiger partial charge is 0.508 e.